The monoisotopic (exact) mass is 1140 g/mol. The zero-order valence-corrected chi connectivity index (χ0v) is 45.2. The van der Waals surface area contributed by atoms with E-state index >= 15 is 0 Å². The molecule has 0 amide bonds. The topological polar surface area (TPSA) is 63.8 Å². The molecule has 0 bridgehead atoms. The minimum atomic E-state index is -0.326. The minimum Gasteiger partial charge on any atom is -0.507 e. The second-order valence-corrected chi connectivity index (χ2v) is 24.2. The van der Waals surface area contributed by atoms with Crippen LogP contribution in [0.4, 0.5) is 0 Å². The van der Waals surface area contributed by atoms with E-state index in [2.05, 4.69) is 206 Å². The van der Waals surface area contributed by atoms with Crippen molar-refractivity contribution in [3.63, 3.8) is 0 Å². The number of pyridine rings is 2. The van der Waals surface area contributed by atoms with Crippen LogP contribution in [-0.2, 0) is 37.3 Å². The number of fused-ring (bicyclic) bond motifs is 10. The first-order valence-electron chi connectivity index (χ1n) is 24.0. The maximum absolute atomic E-state index is 12.6. The number of benzene rings is 7. The van der Waals surface area contributed by atoms with E-state index in [0.717, 1.165) is 99.4 Å². The molecule has 5 heterocycles. The van der Waals surface area contributed by atoms with Gasteiger partial charge in [0.2, 0.25) is 0 Å². The predicted molar refractivity (Wildman–Crippen MR) is 298 cm³/mol. The van der Waals surface area contributed by atoms with Crippen LogP contribution in [0.25, 0.3) is 113 Å². The summed E-state index contributed by atoms with van der Waals surface area (Å²) in [5.41, 5.74) is 13.5. The molecule has 71 heavy (non-hydrogen) atoms. The van der Waals surface area contributed by atoms with E-state index in [1.165, 1.54) is 24.4 Å². The number of phenolic OH excluding ortho intramolecular Hbond substituents is 1. The maximum atomic E-state index is 12.6. The predicted octanol–water partition coefficient (Wildman–Crippen LogP) is 17.8. The summed E-state index contributed by atoms with van der Waals surface area (Å²) < 4.78 is 5.88. The van der Waals surface area contributed by atoms with Gasteiger partial charge in [0.15, 0.2) is 0 Å². The molecule has 12 aromatic rings. The van der Waals surface area contributed by atoms with Crippen LogP contribution in [0.5, 0.6) is 5.75 Å². The summed E-state index contributed by atoms with van der Waals surface area (Å²) in [5.74, 6) is 0.971. The molecule has 0 radical (unpaired) electrons. The fraction of sp³-hybridized carbons (Fsp3) is 0.190. The number of hydrogen-bond acceptors (Lipinski definition) is 6. The van der Waals surface area contributed by atoms with Crippen LogP contribution < -0.4 is 0 Å². The van der Waals surface area contributed by atoms with Crippen molar-refractivity contribution in [3.8, 4) is 56.3 Å². The number of imidazole rings is 1. The number of nitrogens with zero attached hydrogens (tertiary/aromatic N) is 4. The Labute approximate surface area is 437 Å². The molecule has 0 aliphatic carbocycles. The third kappa shape index (κ3) is 7.98. The zero-order valence-electron chi connectivity index (χ0n) is 41.3. The van der Waals surface area contributed by atoms with Crippen LogP contribution in [0, 0.1) is 6.07 Å². The van der Waals surface area contributed by atoms with E-state index in [4.69, 9.17) is 15.0 Å². The van der Waals surface area contributed by atoms with Crippen molar-refractivity contribution in [1.29, 1.82) is 0 Å². The van der Waals surface area contributed by atoms with E-state index in [9.17, 15) is 5.11 Å². The van der Waals surface area contributed by atoms with Gasteiger partial charge in [0.1, 0.15) is 11.6 Å². The van der Waals surface area contributed by atoms with E-state index in [1.807, 2.05) is 41.1 Å². The van der Waals surface area contributed by atoms with Gasteiger partial charge in [-0.1, -0.05) is 152 Å². The van der Waals surface area contributed by atoms with Crippen LogP contribution in [0.3, 0.4) is 0 Å². The summed E-state index contributed by atoms with van der Waals surface area (Å²) >= 11 is 3.62. The molecule has 0 fully saturated rings. The summed E-state index contributed by atoms with van der Waals surface area (Å²) in [4.78, 5) is 15.4. The summed E-state index contributed by atoms with van der Waals surface area (Å²) in [5, 5.41) is 19.4. The Balaban J connectivity index is 0.00000547. The minimum absolute atomic E-state index is 0. The molecule has 5 nitrogen and oxygen atoms in total. The van der Waals surface area contributed by atoms with E-state index in [0.29, 0.717) is 5.82 Å². The molecule has 0 unspecified atom stereocenters. The van der Waals surface area contributed by atoms with Crippen LogP contribution in [0.1, 0.15) is 79.0 Å². The van der Waals surface area contributed by atoms with Gasteiger partial charge in [0, 0.05) is 69.8 Å². The number of aromatic hydroxyl groups is 1. The molecule has 1 N–H and O–H groups in total. The quantitative estimate of drug-likeness (QED) is 0.138. The van der Waals surface area contributed by atoms with Gasteiger partial charge in [-0.15, -0.1) is 29.5 Å². The number of aromatic nitrogens is 4. The fourth-order valence-electron chi connectivity index (χ4n) is 10.1. The third-order valence-corrected chi connectivity index (χ3v) is 16.4. The van der Waals surface area contributed by atoms with Gasteiger partial charge in [-0.25, -0.2) is 4.98 Å². The molecule has 0 spiro atoms. The molecule has 0 saturated heterocycles. The van der Waals surface area contributed by atoms with Gasteiger partial charge >= 0.3 is 0 Å². The Hall–Kier alpha value is -6.50. The molecule has 8 heteroatoms. The summed E-state index contributed by atoms with van der Waals surface area (Å²) in [7, 11) is 0. The molecule has 0 saturated carbocycles. The van der Waals surface area contributed by atoms with Crippen LogP contribution >= 0.6 is 22.7 Å². The Morgan fingerprint density at radius 3 is 2.07 bits per heavy atom. The van der Waals surface area contributed by atoms with Crippen molar-refractivity contribution >= 4 is 85.0 Å². The van der Waals surface area contributed by atoms with Gasteiger partial charge < -0.3 is 5.11 Å². The van der Waals surface area contributed by atoms with Crippen molar-refractivity contribution in [1.82, 2.24) is 19.5 Å². The van der Waals surface area contributed by atoms with Crippen molar-refractivity contribution in [2.75, 3.05) is 0 Å². The van der Waals surface area contributed by atoms with Crippen molar-refractivity contribution < 1.29 is 26.2 Å². The second-order valence-electron chi connectivity index (χ2n) is 21.8. The first-order valence-corrected chi connectivity index (χ1v) is 25.7. The smallest absolute Gasteiger partial charge is 0.149 e. The van der Waals surface area contributed by atoms with Gasteiger partial charge in [-0.2, -0.15) is 11.3 Å². The Morgan fingerprint density at radius 1 is 0.577 bits per heavy atom. The number of thiophene rings is 2. The van der Waals surface area contributed by atoms with Gasteiger partial charge in [0.25, 0.3) is 0 Å². The first kappa shape index (κ1) is 46.9. The van der Waals surface area contributed by atoms with Crippen molar-refractivity contribution in [2.24, 2.45) is 0 Å². The number of hydrogen-bond donors (Lipinski definition) is 1. The van der Waals surface area contributed by atoms with Gasteiger partial charge in [-0.05, 0) is 113 Å². The van der Waals surface area contributed by atoms with E-state index < -0.39 is 0 Å². The Kier molecular flexibility index (Phi) is 11.3. The SMILES string of the molecule is CC(C)(C)c1ccc(-n2c(-c3cc(C(C)(C)C)cc(C(C)(C)C)c3O)nc3c4c(ccc32)sc2sc3ccc(-c5cc(-c6ccc7c(cnc8ccccc87)c6)ccn5)[c-]c3c24)c(-c2ccccc2)c1.[Pt]. The largest absolute Gasteiger partial charge is 0.507 e. The summed E-state index contributed by atoms with van der Waals surface area (Å²) in [6.07, 6.45) is 3.87. The molecule has 12 rings (SSSR count). The molecular formula is C63H53N4OPtS2-. The zero-order chi connectivity index (χ0) is 48.4. The average molecular weight is 1140 g/mol. The van der Waals surface area contributed by atoms with E-state index in [1.54, 1.807) is 0 Å². The van der Waals surface area contributed by atoms with Crippen LogP contribution in [0.2, 0.25) is 0 Å². The normalized spacial score (nSPS) is 12.5. The molecule has 0 aliphatic rings. The molecule has 5 aromatic heterocycles. The first-order chi connectivity index (χ1) is 33.5. The van der Waals surface area contributed by atoms with Crippen molar-refractivity contribution in [3.05, 3.63) is 175 Å². The number of para-hydroxylation sites is 1. The molecular weight excluding hydrogens is 1090 g/mol. The Morgan fingerprint density at radius 2 is 1.30 bits per heavy atom. The summed E-state index contributed by atoms with van der Waals surface area (Å²) in [6.45, 7) is 20.0. The molecule has 7 aromatic carbocycles. The Bertz CT molecular complexity index is 4090. The van der Waals surface area contributed by atoms with Gasteiger partial charge in [0.05, 0.1) is 27.8 Å². The fourth-order valence-corrected chi connectivity index (χ4v) is 12.6. The van der Waals surface area contributed by atoms with E-state index in [-0.39, 0.29) is 43.1 Å². The number of rotatable bonds is 5. The van der Waals surface area contributed by atoms with Crippen LogP contribution in [-0.4, -0.2) is 24.6 Å². The average Bonchev–Trinajstić information content (AvgIpc) is 4.02. The van der Waals surface area contributed by atoms with Crippen molar-refractivity contribution in [2.45, 2.75) is 78.6 Å². The second kappa shape index (κ2) is 17.1. The van der Waals surface area contributed by atoms with Crippen LogP contribution in [0.15, 0.2) is 152 Å². The third-order valence-electron chi connectivity index (χ3n) is 14.0. The standard InChI is InChI=1S/C63H53N4OS2.Pt/c1-61(2,3)41-21-23-51(45(32-41)36-15-11-10-12-16-36)67-52-24-26-54-56(57(52)66-59(67)47-33-42(62(4,5)6)34-48(58(47)68)63(7,8)9)55-46-30-39(20-25-53(46)69-60(55)70-54)50-31-38(27-28-64-50)37-19-22-43-40(29-37)35-65-49-18-14-13-17-44(43)49;/h10-29,31-35,68H,1-9H3;/q-1;. The maximum Gasteiger partial charge on any atom is 0.149 e. The summed E-state index contributed by atoms with van der Waals surface area (Å²) in [6, 6.07) is 53.9. The van der Waals surface area contributed by atoms with Gasteiger partial charge in [-0.3, -0.25) is 14.5 Å². The molecule has 0 aliphatic heterocycles. The molecule has 354 valence electrons. The number of phenols is 1. The molecule has 0 atom stereocenters.